The third-order valence-corrected chi connectivity index (χ3v) is 5.51. The van der Waals surface area contributed by atoms with Crippen LogP contribution in [0.15, 0.2) is 0 Å². The van der Waals surface area contributed by atoms with Crippen LogP contribution in [-0.2, 0) is 33.2 Å². The number of hydrogen-bond acceptors (Lipinski definition) is 14. The van der Waals surface area contributed by atoms with E-state index in [9.17, 15) is 35.4 Å². The van der Waals surface area contributed by atoms with Gasteiger partial charge in [-0.05, 0) is 0 Å². The topological polar surface area (TPSA) is 232 Å². The van der Waals surface area contributed by atoms with E-state index in [2.05, 4.69) is 5.32 Å². The van der Waals surface area contributed by atoms with Gasteiger partial charge in [0.1, 0.15) is 48.8 Å². The van der Waals surface area contributed by atoms with E-state index in [-0.39, 0.29) is 13.2 Å². The van der Waals surface area contributed by atoms with Crippen molar-refractivity contribution in [2.45, 2.75) is 68.3 Å². The maximum atomic E-state index is 11.7. The largest absolute Gasteiger partial charge is 0.394 e. The third-order valence-electron chi connectivity index (χ3n) is 5.51. The average molecular weight is 515 g/mol. The number of aliphatic hydroxyl groups excluding tert-OH is 6. The van der Waals surface area contributed by atoms with Crippen LogP contribution >= 0.6 is 0 Å². The fourth-order valence-corrected chi connectivity index (χ4v) is 3.73. The number of hydrogen-bond donors (Lipinski definition) is 8. The van der Waals surface area contributed by atoms with Gasteiger partial charge in [-0.25, -0.2) is 0 Å². The molecule has 35 heavy (non-hydrogen) atoms. The highest BCUT2D eigenvalue weighted by molar-refractivity contribution is 5.73. The summed E-state index contributed by atoms with van der Waals surface area (Å²) in [5, 5.41) is 62.8. The minimum atomic E-state index is -1.74. The molecule has 10 atom stereocenters. The van der Waals surface area contributed by atoms with Crippen molar-refractivity contribution >= 4 is 5.91 Å². The zero-order valence-electron chi connectivity index (χ0n) is 19.5. The van der Waals surface area contributed by atoms with E-state index in [0.29, 0.717) is 26.4 Å². The zero-order chi connectivity index (χ0) is 26.0. The van der Waals surface area contributed by atoms with Crippen LogP contribution in [0.3, 0.4) is 0 Å². The zero-order valence-corrected chi connectivity index (χ0v) is 19.5. The van der Waals surface area contributed by atoms with Gasteiger partial charge in [0.15, 0.2) is 12.6 Å². The van der Waals surface area contributed by atoms with E-state index < -0.39 is 80.5 Å². The number of nitrogens with one attached hydrogen (secondary N) is 1. The Morgan fingerprint density at radius 1 is 0.829 bits per heavy atom. The summed E-state index contributed by atoms with van der Waals surface area (Å²) in [6, 6.07) is -1.14. The molecule has 2 aliphatic heterocycles. The van der Waals surface area contributed by atoms with Crippen LogP contribution in [0.4, 0.5) is 0 Å². The Balaban J connectivity index is 2.01. The van der Waals surface area contributed by atoms with Crippen LogP contribution in [0.2, 0.25) is 0 Å². The number of aliphatic hydroxyl groups is 6. The monoisotopic (exact) mass is 514 g/mol. The standard InChI is InChI=1S/C20H38N2O13/c1-10(25)22-13-15(27)18(35-20-17(29)16(28)14(26)11(8-23)33-20)12(9-24)34-19(13)32-7-6-31-5-4-30-3-2-21/h11-20,23-24,26-29H,2-9,21H2,1H3,(H,22,25)/t11-,12-,13-,14+,15-,16+,17-,18-,19-,20+/m1/s1. The molecular weight excluding hydrogens is 476 g/mol. The lowest BCUT2D eigenvalue weighted by Crippen LogP contribution is -2.67. The first kappa shape index (κ1) is 30.2. The summed E-state index contributed by atoms with van der Waals surface area (Å²) in [5.74, 6) is -0.506. The highest BCUT2D eigenvalue weighted by atomic mass is 16.7. The van der Waals surface area contributed by atoms with Crippen molar-refractivity contribution in [2.75, 3.05) is 52.8 Å². The van der Waals surface area contributed by atoms with Crippen LogP contribution in [0, 0.1) is 0 Å². The minimum absolute atomic E-state index is 0.0285. The lowest BCUT2D eigenvalue weighted by Gasteiger charge is -2.47. The Morgan fingerprint density at radius 3 is 2.03 bits per heavy atom. The third kappa shape index (κ3) is 8.50. The smallest absolute Gasteiger partial charge is 0.217 e. The van der Waals surface area contributed by atoms with E-state index in [1.54, 1.807) is 0 Å². The Kier molecular flexibility index (Phi) is 13.2. The van der Waals surface area contributed by atoms with Crippen molar-refractivity contribution < 1.29 is 63.9 Å². The van der Waals surface area contributed by atoms with Crippen LogP contribution in [-0.4, -0.2) is 151 Å². The predicted octanol–water partition coefficient (Wildman–Crippen LogP) is -5.24. The van der Waals surface area contributed by atoms with Crippen LogP contribution in [0.1, 0.15) is 6.92 Å². The van der Waals surface area contributed by atoms with Gasteiger partial charge in [-0.1, -0.05) is 0 Å². The molecule has 2 aliphatic rings. The minimum Gasteiger partial charge on any atom is -0.394 e. The normalized spacial score (nSPS) is 37.8. The van der Waals surface area contributed by atoms with Crippen molar-refractivity contribution in [1.82, 2.24) is 5.32 Å². The molecule has 1 amide bonds. The second-order valence-electron chi connectivity index (χ2n) is 8.12. The van der Waals surface area contributed by atoms with E-state index in [1.165, 1.54) is 6.92 Å². The van der Waals surface area contributed by atoms with Gasteiger partial charge >= 0.3 is 0 Å². The molecule has 0 saturated carbocycles. The molecule has 0 spiro atoms. The number of carbonyl (C=O) groups is 1. The fraction of sp³-hybridized carbons (Fsp3) is 0.950. The van der Waals surface area contributed by atoms with Crippen LogP contribution in [0.5, 0.6) is 0 Å². The number of rotatable bonds is 14. The summed E-state index contributed by atoms with van der Waals surface area (Å²) in [7, 11) is 0. The van der Waals surface area contributed by atoms with Gasteiger partial charge in [0.25, 0.3) is 0 Å². The molecule has 9 N–H and O–H groups in total. The van der Waals surface area contributed by atoms with Gasteiger partial charge in [-0.3, -0.25) is 4.79 Å². The maximum absolute atomic E-state index is 11.7. The van der Waals surface area contributed by atoms with Crippen molar-refractivity contribution in [3.05, 3.63) is 0 Å². The maximum Gasteiger partial charge on any atom is 0.217 e. The molecule has 2 saturated heterocycles. The molecular formula is C20H38N2O13. The van der Waals surface area contributed by atoms with Gasteiger partial charge in [-0.2, -0.15) is 0 Å². The Bertz CT molecular complexity index is 616. The first-order valence-electron chi connectivity index (χ1n) is 11.4. The second-order valence-corrected chi connectivity index (χ2v) is 8.12. The molecule has 2 fully saturated rings. The van der Waals surface area contributed by atoms with Gasteiger partial charge < -0.3 is 70.1 Å². The van der Waals surface area contributed by atoms with E-state index in [4.69, 9.17) is 34.2 Å². The molecule has 15 heteroatoms. The van der Waals surface area contributed by atoms with Crippen LogP contribution in [0.25, 0.3) is 0 Å². The summed E-state index contributed by atoms with van der Waals surface area (Å²) in [4.78, 5) is 11.7. The summed E-state index contributed by atoms with van der Waals surface area (Å²) in [6.45, 7) is 1.58. The van der Waals surface area contributed by atoms with Crippen molar-refractivity contribution in [2.24, 2.45) is 5.73 Å². The first-order valence-corrected chi connectivity index (χ1v) is 11.4. The highest BCUT2D eigenvalue weighted by Crippen LogP contribution is 2.29. The predicted molar refractivity (Wildman–Crippen MR) is 115 cm³/mol. The molecule has 0 bridgehead atoms. The molecule has 0 aromatic carbocycles. The van der Waals surface area contributed by atoms with Crippen molar-refractivity contribution in [3.8, 4) is 0 Å². The lowest BCUT2D eigenvalue weighted by molar-refractivity contribution is -0.348. The van der Waals surface area contributed by atoms with Gasteiger partial charge in [0.2, 0.25) is 5.91 Å². The van der Waals surface area contributed by atoms with Crippen molar-refractivity contribution in [3.63, 3.8) is 0 Å². The average Bonchev–Trinajstić information content (AvgIpc) is 2.83. The number of ether oxygens (including phenoxy) is 6. The van der Waals surface area contributed by atoms with Gasteiger partial charge in [0.05, 0.1) is 46.2 Å². The summed E-state index contributed by atoms with van der Waals surface area (Å²) in [5.41, 5.74) is 5.32. The molecule has 2 heterocycles. The molecule has 0 radical (unpaired) electrons. The Morgan fingerprint density at radius 2 is 1.43 bits per heavy atom. The van der Waals surface area contributed by atoms with E-state index >= 15 is 0 Å². The summed E-state index contributed by atoms with van der Waals surface area (Å²) in [6.07, 6.45) is -13.1. The SMILES string of the molecule is CC(=O)N[C@H]1[C@H](OCCOCCOCCN)O[C@H](CO)[C@@H](O[C@@H]2O[C@H](CO)[C@H](O)[C@H](O)[C@H]2O)[C@@H]1O. The van der Waals surface area contributed by atoms with Gasteiger partial charge in [-0.15, -0.1) is 0 Å². The number of nitrogens with two attached hydrogens (primary N) is 1. The van der Waals surface area contributed by atoms with Gasteiger partial charge in [0, 0.05) is 13.5 Å². The molecule has 2 rings (SSSR count). The van der Waals surface area contributed by atoms with E-state index in [1.807, 2.05) is 0 Å². The van der Waals surface area contributed by atoms with E-state index in [0.717, 1.165) is 0 Å². The second kappa shape index (κ2) is 15.3. The first-order chi connectivity index (χ1) is 16.7. The summed E-state index contributed by atoms with van der Waals surface area (Å²) < 4.78 is 32.8. The van der Waals surface area contributed by atoms with Crippen LogP contribution < -0.4 is 11.1 Å². The Hall–Kier alpha value is -1.05. The number of amides is 1. The number of carbonyl (C=O) groups excluding carboxylic acids is 1. The molecule has 0 aliphatic carbocycles. The highest BCUT2D eigenvalue weighted by Gasteiger charge is 2.51. The lowest BCUT2D eigenvalue weighted by atomic mass is 9.95. The Labute approximate surface area is 202 Å². The van der Waals surface area contributed by atoms with Crippen molar-refractivity contribution in [1.29, 1.82) is 0 Å². The fourth-order valence-electron chi connectivity index (χ4n) is 3.73. The molecule has 206 valence electrons. The quantitative estimate of drug-likeness (QED) is 0.101. The molecule has 0 aromatic rings. The molecule has 15 nitrogen and oxygen atoms in total. The molecule has 0 unspecified atom stereocenters. The summed E-state index contributed by atoms with van der Waals surface area (Å²) >= 11 is 0. The molecule has 0 aromatic heterocycles.